The number of ether oxygens (including phenoxy) is 1. The molecule has 3 saturated heterocycles. The van der Waals surface area contributed by atoms with Gasteiger partial charge in [-0.3, -0.25) is 0 Å². The Morgan fingerprint density at radius 3 is 2.26 bits per heavy atom. The minimum Gasteiger partial charge on any atom is -0.378 e. The molecule has 3 aliphatic rings. The number of nitrogens with zero attached hydrogens (tertiary/aromatic N) is 2. The quantitative estimate of drug-likeness (QED) is 0.797. The smallest absolute Gasteiger partial charge is 0.320 e. The molecular formula is C18H23FN2O2. The minimum atomic E-state index is -0.184. The van der Waals surface area contributed by atoms with Gasteiger partial charge in [0.05, 0.1) is 13.2 Å². The van der Waals surface area contributed by atoms with Crippen LogP contribution in [0.2, 0.25) is 0 Å². The second-order valence-corrected chi connectivity index (χ2v) is 6.89. The molecule has 124 valence electrons. The third kappa shape index (κ3) is 2.82. The highest BCUT2D eigenvalue weighted by molar-refractivity contribution is 5.76. The Morgan fingerprint density at radius 2 is 1.65 bits per heavy atom. The number of carbonyl (C=O) groups is 1. The van der Waals surface area contributed by atoms with E-state index in [1.54, 1.807) is 12.1 Å². The topological polar surface area (TPSA) is 32.8 Å². The molecule has 3 atom stereocenters. The van der Waals surface area contributed by atoms with Gasteiger partial charge in [-0.1, -0.05) is 12.1 Å². The predicted molar refractivity (Wildman–Crippen MR) is 84.8 cm³/mol. The predicted octanol–water partition coefficient (Wildman–Crippen LogP) is 2.99. The number of urea groups is 1. The third-order valence-electron chi connectivity index (χ3n) is 5.58. The van der Waals surface area contributed by atoms with Crippen LogP contribution in [0.5, 0.6) is 0 Å². The van der Waals surface area contributed by atoms with Crippen LogP contribution in [-0.4, -0.2) is 54.2 Å². The first-order chi connectivity index (χ1) is 11.2. The summed E-state index contributed by atoms with van der Waals surface area (Å²) in [7, 11) is 0. The van der Waals surface area contributed by atoms with Crippen LogP contribution in [0, 0.1) is 5.82 Å². The first-order valence-corrected chi connectivity index (χ1v) is 8.63. The van der Waals surface area contributed by atoms with E-state index in [0.717, 1.165) is 25.7 Å². The highest BCUT2D eigenvalue weighted by Crippen LogP contribution is 2.43. The molecule has 1 aromatic carbocycles. The van der Waals surface area contributed by atoms with E-state index in [1.807, 2.05) is 17.0 Å². The highest BCUT2D eigenvalue weighted by Gasteiger charge is 2.44. The number of carbonyl (C=O) groups excluding carboxylic acids is 1. The number of rotatable bonds is 1. The van der Waals surface area contributed by atoms with Crippen LogP contribution in [0.15, 0.2) is 24.3 Å². The number of fused-ring (bicyclic) bond motifs is 2. The highest BCUT2D eigenvalue weighted by atomic mass is 19.1. The van der Waals surface area contributed by atoms with Crippen LogP contribution in [0.3, 0.4) is 0 Å². The molecule has 23 heavy (non-hydrogen) atoms. The second-order valence-electron chi connectivity index (χ2n) is 6.89. The summed E-state index contributed by atoms with van der Waals surface area (Å²) >= 11 is 0. The van der Waals surface area contributed by atoms with Gasteiger partial charge in [0.15, 0.2) is 0 Å². The van der Waals surface area contributed by atoms with Gasteiger partial charge in [-0.05, 0) is 49.3 Å². The van der Waals surface area contributed by atoms with E-state index in [2.05, 4.69) is 4.90 Å². The zero-order valence-corrected chi connectivity index (χ0v) is 13.3. The summed E-state index contributed by atoms with van der Waals surface area (Å²) in [4.78, 5) is 16.9. The number of piperidine rings is 1. The number of benzene rings is 1. The molecule has 0 spiro atoms. The summed E-state index contributed by atoms with van der Waals surface area (Å²) in [6, 6.07) is 7.75. The molecule has 3 fully saturated rings. The van der Waals surface area contributed by atoms with Crippen LogP contribution in [0.25, 0.3) is 0 Å². The van der Waals surface area contributed by atoms with Gasteiger partial charge < -0.3 is 14.5 Å². The Hall–Kier alpha value is -1.62. The summed E-state index contributed by atoms with van der Waals surface area (Å²) in [5, 5.41) is 0. The number of amides is 2. The van der Waals surface area contributed by atoms with Crippen molar-refractivity contribution in [3.8, 4) is 0 Å². The summed E-state index contributed by atoms with van der Waals surface area (Å²) in [6.07, 6.45) is 4.19. The average molecular weight is 318 g/mol. The van der Waals surface area contributed by atoms with Crippen LogP contribution in [-0.2, 0) is 4.74 Å². The fraction of sp³-hybridized carbons (Fsp3) is 0.611. The van der Waals surface area contributed by atoms with Gasteiger partial charge in [0, 0.05) is 25.2 Å². The molecule has 5 heteroatoms. The van der Waals surface area contributed by atoms with Crippen molar-refractivity contribution in [2.24, 2.45) is 0 Å². The monoisotopic (exact) mass is 318 g/mol. The largest absolute Gasteiger partial charge is 0.378 e. The van der Waals surface area contributed by atoms with E-state index in [1.165, 1.54) is 5.56 Å². The fourth-order valence-electron chi connectivity index (χ4n) is 4.41. The van der Waals surface area contributed by atoms with E-state index in [9.17, 15) is 9.18 Å². The van der Waals surface area contributed by atoms with Crippen molar-refractivity contribution in [3.63, 3.8) is 0 Å². The lowest BCUT2D eigenvalue weighted by molar-refractivity contribution is 0.0331. The Labute approximate surface area is 136 Å². The van der Waals surface area contributed by atoms with Crippen LogP contribution >= 0.6 is 0 Å². The Morgan fingerprint density at radius 1 is 1.04 bits per heavy atom. The first-order valence-electron chi connectivity index (χ1n) is 8.63. The summed E-state index contributed by atoms with van der Waals surface area (Å²) in [6.45, 7) is 2.70. The standard InChI is InChI=1S/C18H23FN2O2/c19-15-3-1-13(2-4-15)14-11-16-5-6-17(12-14)21(16)18(22)20-7-9-23-10-8-20/h1-4,14,16-17H,5-12H2/t14-,16+,17-. The maximum atomic E-state index is 13.1. The number of hydrogen-bond acceptors (Lipinski definition) is 2. The number of halogens is 1. The Balaban J connectivity index is 1.47. The van der Waals surface area contributed by atoms with E-state index in [-0.39, 0.29) is 11.8 Å². The number of morpholine rings is 1. The van der Waals surface area contributed by atoms with E-state index < -0.39 is 0 Å². The summed E-state index contributed by atoms with van der Waals surface area (Å²) in [5.41, 5.74) is 1.21. The molecule has 0 unspecified atom stereocenters. The molecule has 2 amide bonds. The normalized spacial score (nSPS) is 30.6. The summed E-state index contributed by atoms with van der Waals surface area (Å²) in [5.74, 6) is 0.262. The van der Waals surface area contributed by atoms with E-state index in [4.69, 9.17) is 4.74 Å². The van der Waals surface area contributed by atoms with Crippen molar-refractivity contribution in [2.75, 3.05) is 26.3 Å². The minimum absolute atomic E-state index is 0.184. The molecule has 1 aromatic rings. The van der Waals surface area contributed by atoms with E-state index >= 15 is 0 Å². The average Bonchev–Trinajstić information content (AvgIpc) is 2.85. The summed E-state index contributed by atoms with van der Waals surface area (Å²) < 4.78 is 18.5. The Kier molecular flexibility index (Phi) is 3.97. The Bertz CT molecular complexity index is 557. The molecule has 3 heterocycles. The van der Waals surface area contributed by atoms with Crippen molar-refractivity contribution in [1.29, 1.82) is 0 Å². The molecule has 3 aliphatic heterocycles. The first kappa shape index (κ1) is 14.9. The lowest BCUT2D eigenvalue weighted by Crippen LogP contribution is -2.54. The molecule has 4 nitrogen and oxygen atoms in total. The molecule has 4 rings (SSSR count). The third-order valence-corrected chi connectivity index (χ3v) is 5.58. The van der Waals surface area contributed by atoms with Gasteiger partial charge in [0.1, 0.15) is 5.82 Å². The fourth-order valence-corrected chi connectivity index (χ4v) is 4.41. The van der Waals surface area contributed by atoms with Gasteiger partial charge in [-0.15, -0.1) is 0 Å². The zero-order chi connectivity index (χ0) is 15.8. The maximum Gasteiger partial charge on any atom is 0.320 e. The zero-order valence-electron chi connectivity index (χ0n) is 13.3. The maximum absolute atomic E-state index is 13.1. The van der Waals surface area contributed by atoms with Crippen LogP contribution in [0.1, 0.15) is 37.2 Å². The molecule has 0 radical (unpaired) electrons. The van der Waals surface area contributed by atoms with Gasteiger partial charge >= 0.3 is 6.03 Å². The van der Waals surface area contributed by atoms with Crippen LogP contribution < -0.4 is 0 Å². The van der Waals surface area contributed by atoms with Gasteiger partial charge in [-0.2, -0.15) is 0 Å². The molecular weight excluding hydrogens is 295 g/mol. The molecule has 0 aromatic heterocycles. The van der Waals surface area contributed by atoms with Crippen molar-refractivity contribution in [1.82, 2.24) is 9.80 Å². The van der Waals surface area contributed by atoms with E-state index in [0.29, 0.717) is 44.3 Å². The molecule has 2 bridgehead atoms. The lowest BCUT2D eigenvalue weighted by atomic mass is 9.85. The molecule has 0 saturated carbocycles. The van der Waals surface area contributed by atoms with Gasteiger partial charge in [0.2, 0.25) is 0 Å². The van der Waals surface area contributed by atoms with Crippen LogP contribution in [0.4, 0.5) is 9.18 Å². The van der Waals surface area contributed by atoms with Crippen molar-refractivity contribution in [3.05, 3.63) is 35.6 Å². The van der Waals surface area contributed by atoms with Crippen molar-refractivity contribution in [2.45, 2.75) is 43.7 Å². The van der Waals surface area contributed by atoms with Gasteiger partial charge in [0.25, 0.3) is 0 Å². The number of hydrogen-bond donors (Lipinski definition) is 0. The second kappa shape index (κ2) is 6.11. The van der Waals surface area contributed by atoms with Crippen molar-refractivity contribution < 1.29 is 13.9 Å². The lowest BCUT2D eigenvalue weighted by Gasteiger charge is -2.42. The van der Waals surface area contributed by atoms with Gasteiger partial charge in [-0.25, -0.2) is 9.18 Å². The van der Waals surface area contributed by atoms with Crippen molar-refractivity contribution >= 4 is 6.03 Å². The molecule has 0 aliphatic carbocycles. The molecule has 0 N–H and O–H groups in total. The SMILES string of the molecule is O=C(N1CCOCC1)N1[C@@H]2CC[C@H]1C[C@@H](c1ccc(F)cc1)C2.